The molecule has 0 fully saturated rings. The molecule has 0 saturated heterocycles. The number of benzene rings is 1. The van der Waals surface area contributed by atoms with Crippen molar-refractivity contribution < 1.29 is 14.3 Å². The van der Waals surface area contributed by atoms with Gasteiger partial charge in [0.1, 0.15) is 5.82 Å². The van der Waals surface area contributed by atoms with Gasteiger partial charge in [-0.1, -0.05) is 23.7 Å². The molecule has 100 valence electrons. The number of thiophene rings is 1. The third-order valence-corrected chi connectivity index (χ3v) is 4.07. The smallest absolute Gasteiger partial charge is 0.307 e. The summed E-state index contributed by atoms with van der Waals surface area (Å²) >= 11 is 7.22. The summed E-state index contributed by atoms with van der Waals surface area (Å²) in [5, 5.41) is 9.25. The SMILES string of the molecule is O=C(O)C(Cc1ccc(F)cc1)Cc1ccc(Cl)s1. The second-order valence-electron chi connectivity index (χ2n) is 4.28. The van der Waals surface area contributed by atoms with Crippen molar-refractivity contribution in [3.8, 4) is 0 Å². The molecule has 1 N–H and O–H groups in total. The zero-order valence-electron chi connectivity index (χ0n) is 9.98. The molecule has 0 aliphatic carbocycles. The maximum Gasteiger partial charge on any atom is 0.307 e. The van der Waals surface area contributed by atoms with E-state index in [-0.39, 0.29) is 5.82 Å². The molecule has 2 aromatic rings. The van der Waals surface area contributed by atoms with Crippen LogP contribution in [0.4, 0.5) is 4.39 Å². The van der Waals surface area contributed by atoms with Crippen LogP contribution in [0.5, 0.6) is 0 Å². The topological polar surface area (TPSA) is 37.3 Å². The van der Waals surface area contributed by atoms with Crippen molar-refractivity contribution in [1.82, 2.24) is 0 Å². The van der Waals surface area contributed by atoms with Crippen molar-refractivity contribution in [2.45, 2.75) is 12.8 Å². The molecular weight excluding hydrogens is 287 g/mol. The Kier molecular flexibility index (Phi) is 4.56. The fourth-order valence-corrected chi connectivity index (χ4v) is 3.02. The van der Waals surface area contributed by atoms with Crippen molar-refractivity contribution in [3.05, 3.63) is 57.0 Å². The highest BCUT2D eigenvalue weighted by molar-refractivity contribution is 7.16. The number of rotatable bonds is 5. The van der Waals surface area contributed by atoms with Crippen LogP contribution in [-0.4, -0.2) is 11.1 Å². The van der Waals surface area contributed by atoms with Crippen LogP contribution < -0.4 is 0 Å². The van der Waals surface area contributed by atoms with E-state index in [1.807, 2.05) is 6.07 Å². The minimum absolute atomic E-state index is 0.319. The number of halogens is 2. The lowest BCUT2D eigenvalue weighted by atomic mass is 9.95. The number of carboxylic acid groups (broad SMARTS) is 1. The first-order valence-corrected chi connectivity index (χ1v) is 6.95. The van der Waals surface area contributed by atoms with E-state index in [0.717, 1.165) is 10.4 Å². The number of hydrogen-bond donors (Lipinski definition) is 1. The number of carboxylic acids is 1. The van der Waals surface area contributed by atoms with Gasteiger partial charge in [-0.2, -0.15) is 0 Å². The van der Waals surface area contributed by atoms with E-state index in [2.05, 4.69) is 0 Å². The van der Waals surface area contributed by atoms with Crippen LogP contribution in [-0.2, 0) is 17.6 Å². The number of hydrogen-bond acceptors (Lipinski definition) is 2. The molecule has 2 nitrogen and oxygen atoms in total. The first-order valence-electron chi connectivity index (χ1n) is 5.76. The monoisotopic (exact) mass is 298 g/mol. The highest BCUT2D eigenvalue weighted by atomic mass is 35.5. The maximum absolute atomic E-state index is 12.8. The molecule has 0 aliphatic heterocycles. The second kappa shape index (κ2) is 6.17. The molecule has 1 heterocycles. The van der Waals surface area contributed by atoms with E-state index in [0.29, 0.717) is 17.2 Å². The Labute approximate surface area is 119 Å². The summed E-state index contributed by atoms with van der Waals surface area (Å²) in [6.07, 6.45) is 0.815. The van der Waals surface area contributed by atoms with Gasteiger partial charge in [-0.25, -0.2) is 4.39 Å². The normalized spacial score (nSPS) is 12.3. The molecule has 1 unspecified atom stereocenters. The van der Waals surface area contributed by atoms with Crippen LogP contribution in [0.3, 0.4) is 0 Å². The van der Waals surface area contributed by atoms with Crippen molar-refractivity contribution in [3.63, 3.8) is 0 Å². The molecule has 19 heavy (non-hydrogen) atoms. The Balaban J connectivity index is 2.08. The predicted octanol–water partition coefficient (Wildman–Crippen LogP) is 4.03. The van der Waals surface area contributed by atoms with Crippen molar-refractivity contribution in [2.75, 3.05) is 0 Å². The van der Waals surface area contributed by atoms with Crippen LogP contribution in [0.1, 0.15) is 10.4 Å². The average molecular weight is 299 g/mol. The largest absolute Gasteiger partial charge is 0.481 e. The Hall–Kier alpha value is -1.39. The molecule has 1 aromatic heterocycles. The number of carbonyl (C=O) groups is 1. The van der Waals surface area contributed by atoms with E-state index < -0.39 is 11.9 Å². The first-order chi connectivity index (χ1) is 9.04. The van der Waals surface area contributed by atoms with Crippen LogP contribution in [0.2, 0.25) is 4.34 Å². The van der Waals surface area contributed by atoms with E-state index in [1.165, 1.54) is 23.5 Å². The van der Waals surface area contributed by atoms with E-state index in [4.69, 9.17) is 11.6 Å². The Morgan fingerprint density at radius 2 is 1.89 bits per heavy atom. The van der Waals surface area contributed by atoms with Gasteiger partial charge in [0.05, 0.1) is 10.3 Å². The third-order valence-electron chi connectivity index (χ3n) is 2.82. The molecule has 2 rings (SSSR count). The summed E-state index contributed by atoms with van der Waals surface area (Å²) in [4.78, 5) is 12.2. The van der Waals surface area contributed by atoms with Crippen molar-refractivity contribution in [2.24, 2.45) is 5.92 Å². The van der Waals surface area contributed by atoms with Crippen molar-refractivity contribution >= 4 is 28.9 Å². The molecule has 1 aromatic carbocycles. The van der Waals surface area contributed by atoms with Gasteiger partial charge in [-0.15, -0.1) is 11.3 Å². The van der Waals surface area contributed by atoms with Gasteiger partial charge in [0.15, 0.2) is 0 Å². The third kappa shape index (κ3) is 4.04. The minimum atomic E-state index is -0.853. The van der Waals surface area contributed by atoms with Crippen LogP contribution >= 0.6 is 22.9 Å². The zero-order chi connectivity index (χ0) is 13.8. The molecular formula is C14H12ClFO2S. The lowest BCUT2D eigenvalue weighted by molar-refractivity contribution is -0.141. The minimum Gasteiger partial charge on any atom is -0.481 e. The zero-order valence-corrected chi connectivity index (χ0v) is 11.5. The maximum atomic E-state index is 12.8. The highest BCUT2D eigenvalue weighted by Crippen LogP contribution is 2.25. The summed E-state index contributed by atoms with van der Waals surface area (Å²) in [5.41, 5.74) is 0.816. The molecule has 5 heteroatoms. The standard InChI is InChI=1S/C14H12ClFO2S/c15-13-6-5-12(19-13)8-10(14(17)18)7-9-1-3-11(16)4-2-9/h1-6,10H,7-8H2,(H,17,18). The van der Waals surface area contributed by atoms with E-state index in [9.17, 15) is 14.3 Å². The molecule has 0 spiro atoms. The Bertz CT molecular complexity index is 565. The van der Waals surface area contributed by atoms with Gasteiger partial charge in [-0.3, -0.25) is 4.79 Å². The highest BCUT2D eigenvalue weighted by Gasteiger charge is 2.19. The molecule has 1 atom stereocenters. The quantitative estimate of drug-likeness (QED) is 0.905. The second-order valence-corrected chi connectivity index (χ2v) is 6.08. The van der Waals surface area contributed by atoms with E-state index in [1.54, 1.807) is 18.2 Å². The molecule has 0 saturated carbocycles. The van der Waals surface area contributed by atoms with Gasteiger partial charge < -0.3 is 5.11 Å². The van der Waals surface area contributed by atoms with Gasteiger partial charge in [0, 0.05) is 4.88 Å². The lowest BCUT2D eigenvalue weighted by Crippen LogP contribution is -2.18. The van der Waals surface area contributed by atoms with Crippen LogP contribution in [0, 0.1) is 11.7 Å². The summed E-state index contributed by atoms with van der Waals surface area (Å²) in [7, 11) is 0. The molecule has 0 aliphatic rings. The van der Waals surface area contributed by atoms with Gasteiger partial charge >= 0.3 is 5.97 Å². The molecule has 0 amide bonds. The molecule has 0 radical (unpaired) electrons. The van der Waals surface area contributed by atoms with Gasteiger partial charge in [0.2, 0.25) is 0 Å². The fraction of sp³-hybridized carbons (Fsp3) is 0.214. The first kappa shape index (κ1) is 14.0. The van der Waals surface area contributed by atoms with Crippen LogP contribution in [0.25, 0.3) is 0 Å². The summed E-state index contributed by atoms with van der Waals surface area (Å²) in [6, 6.07) is 9.53. The number of aliphatic carboxylic acids is 1. The predicted molar refractivity (Wildman–Crippen MR) is 74.3 cm³/mol. The van der Waals surface area contributed by atoms with Crippen molar-refractivity contribution in [1.29, 1.82) is 0 Å². The molecule has 0 bridgehead atoms. The summed E-state index contributed by atoms with van der Waals surface area (Å²) in [6.45, 7) is 0. The fourth-order valence-electron chi connectivity index (χ4n) is 1.86. The van der Waals surface area contributed by atoms with Gasteiger partial charge in [0.25, 0.3) is 0 Å². The summed E-state index contributed by atoms with van der Waals surface area (Å²) < 4.78 is 13.5. The average Bonchev–Trinajstić information content (AvgIpc) is 2.76. The Morgan fingerprint density at radius 1 is 1.21 bits per heavy atom. The van der Waals surface area contributed by atoms with E-state index >= 15 is 0 Å². The van der Waals surface area contributed by atoms with Crippen LogP contribution in [0.15, 0.2) is 36.4 Å². The lowest BCUT2D eigenvalue weighted by Gasteiger charge is -2.11. The summed E-state index contributed by atoms with van der Waals surface area (Å²) in [5.74, 6) is -1.70. The Morgan fingerprint density at radius 3 is 2.42 bits per heavy atom. The van der Waals surface area contributed by atoms with Gasteiger partial charge in [-0.05, 0) is 42.7 Å².